The maximum atomic E-state index is 9.88. The van der Waals surface area contributed by atoms with Gasteiger partial charge in [-0.1, -0.05) is 43.2 Å². The zero-order valence-corrected chi connectivity index (χ0v) is 23.2. The quantitative estimate of drug-likeness (QED) is 0.320. The third-order valence-corrected chi connectivity index (χ3v) is 8.50. The minimum atomic E-state index is 0.318. The van der Waals surface area contributed by atoms with Gasteiger partial charge >= 0.3 is 0 Å². The van der Waals surface area contributed by atoms with Crippen molar-refractivity contribution < 1.29 is 9.84 Å². The van der Waals surface area contributed by atoms with Gasteiger partial charge in [-0.2, -0.15) is 0 Å². The van der Waals surface area contributed by atoms with E-state index in [1.54, 1.807) is 7.11 Å². The molecule has 3 aromatic carbocycles. The predicted octanol–water partition coefficient (Wildman–Crippen LogP) is 7.13. The molecule has 0 aromatic heterocycles. The Kier molecular flexibility index (Phi) is 8.90. The van der Waals surface area contributed by atoms with Gasteiger partial charge in [-0.15, -0.1) is 0 Å². The Bertz CT molecular complexity index is 1180. The van der Waals surface area contributed by atoms with Crippen LogP contribution in [0.3, 0.4) is 0 Å². The predicted molar refractivity (Wildman–Crippen MR) is 158 cm³/mol. The summed E-state index contributed by atoms with van der Waals surface area (Å²) in [6, 6.07) is 21.9. The van der Waals surface area contributed by atoms with Gasteiger partial charge in [0.1, 0.15) is 11.5 Å². The van der Waals surface area contributed by atoms with Crippen molar-refractivity contribution in [2.45, 2.75) is 76.7 Å². The molecule has 0 bridgehead atoms. The molecule has 4 heteroatoms. The molecule has 1 aliphatic carbocycles. The average molecular weight is 513 g/mol. The standard InChI is InChI=1S/C34H44N2O2/c1-25(21-27-9-7-26(8-10-27)17-20-36-18-5-3-4-6-19-36)35-34-16-15-32(38-2)24-33(34)30-12-11-29-23-31(37)14-13-28(29)22-30/h7-10,13-16,23-25,30,35,37H,3-6,11-12,17-22H2,1-2H3. The van der Waals surface area contributed by atoms with Gasteiger partial charge in [0.25, 0.3) is 0 Å². The normalized spacial score (nSPS) is 18.8. The van der Waals surface area contributed by atoms with E-state index in [9.17, 15) is 5.11 Å². The van der Waals surface area contributed by atoms with Gasteiger partial charge in [0, 0.05) is 18.3 Å². The summed E-state index contributed by atoms with van der Waals surface area (Å²) in [6.45, 7) is 6.00. The van der Waals surface area contributed by atoms with Gasteiger partial charge in [0.15, 0.2) is 0 Å². The molecular weight excluding hydrogens is 468 g/mol. The Labute approximate surface area is 229 Å². The highest BCUT2D eigenvalue weighted by Gasteiger charge is 2.24. The average Bonchev–Trinajstić information content (AvgIpc) is 3.21. The van der Waals surface area contributed by atoms with Crippen LogP contribution in [0.25, 0.3) is 0 Å². The van der Waals surface area contributed by atoms with Gasteiger partial charge < -0.3 is 20.1 Å². The number of likely N-dealkylation sites (tertiary alicyclic amines) is 1. The van der Waals surface area contributed by atoms with E-state index in [0.717, 1.165) is 37.9 Å². The van der Waals surface area contributed by atoms with Gasteiger partial charge in [-0.3, -0.25) is 0 Å². The molecule has 1 heterocycles. The lowest BCUT2D eigenvalue weighted by Gasteiger charge is -2.28. The van der Waals surface area contributed by atoms with E-state index in [-0.39, 0.29) is 0 Å². The summed E-state index contributed by atoms with van der Waals surface area (Å²) < 4.78 is 5.60. The summed E-state index contributed by atoms with van der Waals surface area (Å²) >= 11 is 0. The van der Waals surface area contributed by atoms with Crippen LogP contribution in [0.1, 0.15) is 72.8 Å². The Balaban J connectivity index is 1.21. The van der Waals surface area contributed by atoms with E-state index in [0.29, 0.717) is 17.7 Å². The lowest BCUT2D eigenvalue weighted by molar-refractivity contribution is 0.289. The summed E-state index contributed by atoms with van der Waals surface area (Å²) in [5, 5.41) is 13.7. The molecule has 202 valence electrons. The van der Waals surface area contributed by atoms with Crippen LogP contribution in [-0.4, -0.2) is 42.8 Å². The lowest BCUT2D eigenvalue weighted by Crippen LogP contribution is -2.26. The number of rotatable bonds is 9. The molecule has 4 nitrogen and oxygen atoms in total. The number of nitrogens with one attached hydrogen (secondary N) is 1. The van der Waals surface area contributed by atoms with Gasteiger partial charge in [0.05, 0.1) is 7.11 Å². The van der Waals surface area contributed by atoms with Crippen molar-refractivity contribution in [1.82, 2.24) is 4.90 Å². The first-order valence-corrected chi connectivity index (χ1v) is 14.6. The Morgan fingerprint density at radius 1 is 0.921 bits per heavy atom. The third-order valence-electron chi connectivity index (χ3n) is 8.50. The number of ether oxygens (including phenoxy) is 1. The molecule has 0 saturated carbocycles. The smallest absolute Gasteiger partial charge is 0.119 e. The fraction of sp³-hybridized carbons (Fsp3) is 0.471. The molecule has 1 saturated heterocycles. The number of aromatic hydroxyl groups is 1. The van der Waals surface area contributed by atoms with Crippen molar-refractivity contribution in [2.75, 3.05) is 32.1 Å². The minimum Gasteiger partial charge on any atom is -0.508 e. The number of anilines is 1. The van der Waals surface area contributed by atoms with Crippen molar-refractivity contribution in [3.05, 3.63) is 88.5 Å². The topological polar surface area (TPSA) is 44.7 Å². The number of hydrogen-bond acceptors (Lipinski definition) is 4. The fourth-order valence-electron chi connectivity index (χ4n) is 6.30. The number of hydrogen-bond donors (Lipinski definition) is 2. The summed E-state index contributed by atoms with van der Waals surface area (Å²) in [4.78, 5) is 2.65. The van der Waals surface area contributed by atoms with E-state index >= 15 is 0 Å². The van der Waals surface area contributed by atoms with E-state index < -0.39 is 0 Å². The van der Waals surface area contributed by atoms with E-state index in [4.69, 9.17) is 4.74 Å². The van der Waals surface area contributed by atoms with Crippen molar-refractivity contribution in [3.8, 4) is 11.5 Å². The first-order chi connectivity index (χ1) is 18.6. The Morgan fingerprint density at radius 3 is 2.45 bits per heavy atom. The van der Waals surface area contributed by atoms with Crippen molar-refractivity contribution >= 4 is 5.69 Å². The summed E-state index contributed by atoms with van der Waals surface area (Å²) in [5.74, 6) is 1.70. The van der Waals surface area contributed by atoms with E-state index in [2.05, 4.69) is 65.7 Å². The highest BCUT2D eigenvalue weighted by atomic mass is 16.5. The van der Waals surface area contributed by atoms with E-state index in [1.807, 2.05) is 12.1 Å². The number of benzene rings is 3. The summed E-state index contributed by atoms with van der Waals surface area (Å²) in [6.07, 6.45) is 10.7. The minimum absolute atomic E-state index is 0.318. The number of phenolic OH excluding ortho intramolecular Hbond substituents is 1. The number of aryl methyl sites for hydroxylation is 1. The summed E-state index contributed by atoms with van der Waals surface area (Å²) in [7, 11) is 1.74. The number of nitrogens with zero attached hydrogens (tertiary/aromatic N) is 1. The molecule has 3 aromatic rings. The van der Waals surface area contributed by atoms with Crippen LogP contribution in [0, 0.1) is 0 Å². The van der Waals surface area contributed by atoms with Gasteiger partial charge in [-0.05, 0) is 129 Å². The van der Waals surface area contributed by atoms with Crippen LogP contribution in [0.15, 0.2) is 60.7 Å². The monoisotopic (exact) mass is 512 g/mol. The first kappa shape index (κ1) is 26.6. The van der Waals surface area contributed by atoms with Crippen LogP contribution in [0.4, 0.5) is 5.69 Å². The van der Waals surface area contributed by atoms with Crippen LogP contribution in [0.2, 0.25) is 0 Å². The first-order valence-electron chi connectivity index (χ1n) is 14.6. The highest BCUT2D eigenvalue weighted by Crippen LogP contribution is 2.39. The molecule has 2 aliphatic rings. The SMILES string of the molecule is COc1ccc(NC(C)Cc2ccc(CCN3CCCCCC3)cc2)c(C2CCc3cc(O)ccc3C2)c1. The van der Waals surface area contributed by atoms with Gasteiger partial charge in [-0.25, -0.2) is 0 Å². The van der Waals surface area contributed by atoms with Gasteiger partial charge in [0.2, 0.25) is 0 Å². The van der Waals surface area contributed by atoms with Crippen molar-refractivity contribution in [1.29, 1.82) is 0 Å². The molecule has 0 radical (unpaired) electrons. The number of phenols is 1. The second-order valence-corrected chi connectivity index (χ2v) is 11.4. The number of methoxy groups -OCH3 is 1. The van der Waals surface area contributed by atoms with Crippen molar-refractivity contribution in [2.24, 2.45) is 0 Å². The molecule has 5 rings (SSSR count). The maximum Gasteiger partial charge on any atom is 0.119 e. The molecule has 38 heavy (non-hydrogen) atoms. The largest absolute Gasteiger partial charge is 0.508 e. The summed E-state index contributed by atoms with van der Waals surface area (Å²) in [5.41, 5.74) is 7.99. The second kappa shape index (κ2) is 12.7. The van der Waals surface area contributed by atoms with Crippen LogP contribution < -0.4 is 10.1 Å². The van der Waals surface area contributed by atoms with E-state index in [1.165, 1.54) is 78.8 Å². The number of fused-ring (bicyclic) bond motifs is 1. The molecule has 0 amide bonds. The fourth-order valence-corrected chi connectivity index (χ4v) is 6.30. The highest BCUT2D eigenvalue weighted by molar-refractivity contribution is 5.57. The maximum absolute atomic E-state index is 9.88. The molecule has 2 N–H and O–H groups in total. The zero-order chi connectivity index (χ0) is 26.3. The Morgan fingerprint density at radius 2 is 1.68 bits per heavy atom. The van der Waals surface area contributed by atoms with Crippen LogP contribution >= 0.6 is 0 Å². The second-order valence-electron chi connectivity index (χ2n) is 11.4. The third kappa shape index (κ3) is 6.91. The molecule has 2 unspecified atom stereocenters. The van der Waals surface area contributed by atoms with Crippen LogP contribution in [0.5, 0.6) is 11.5 Å². The molecule has 2 atom stereocenters. The lowest BCUT2D eigenvalue weighted by atomic mass is 9.79. The van der Waals surface area contributed by atoms with Crippen molar-refractivity contribution in [3.63, 3.8) is 0 Å². The molecular formula is C34H44N2O2. The zero-order valence-electron chi connectivity index (χ0n) is 23.2. The van der Waals surface area contributed by atoms with Crippen LogP contribution in [-0.2, 0) is 25.7 Å². The molecule has 0 spiro atoms. The molecule has 1 aliphatic heterocycles. The molecule has 1 fully saturated rings. The Hall–Kier alpha value is -2.98.